The van der Waals surface area contributed by atoms with Crippen LogP contribution in [0.25, 0.3) is 0 Å². The van der Waals surface area contributed by atoms with Crippen molar-refractivity contribution in [1.82, 2.24) is 0 Å². The first-order valence-electron chi connectivity index (χ1n) is 7.45. The predicted molar refractivity (Wildman–Crippen MR) is 83.9 cm³/mol. The minimum Gasteiger partial charge on any atom is -0.496 e. The van der Waals surface area contributed by atoms with E-state index in [1.165, 1.54) is 6.07 Å². The molecule has 0 bridgehead atoms. The van der Waals surface area contributed by atoms with Gasteiger partial charge in [-0.05, 0) is 36.2 Å². The van der Waals surface area contributed by atoms with Gasteiger partial charge in [0.05, 0.1) is 23.9 Å². The first-order valence-corrected chi connectivity index (χ1v) is 7.45. The minimum absolute atomic E-state index is 0.0381. The van der Waals surface area contributed by atoms with Gasteiger partial charge in [-0.15, -0.1) is 0 Å². The number of nitriles is 1. The summed E-state index contributed by atoms with van der Waals surface area (Å²) in [5, 5.41) is 9.25. The van der Waals surface area contributed by atoms with E-state index in [9.17, 15) is 18.4 Å². The highest BCUT2D eigenvalue weighted by atomic mass is 19.4. The fourth-order valence-electron chi connectivity index (χ4n) is 3.05. The maximum Gasteiger partial charge on any atom is 0.416 e. The van der Waals surface area contributed by atoms with Gasteiger partial charge in [0, 0.05) is 18.7 Å². The number of ether oxygens (including phenoxy) is 1. The van der Waals surface area contributed by atoms with Gasteiger partial charge < -0.3 is 9.64 Å². The van der Waals surface area contributed by atoms with Crippen molar-refractivity contribution < 1.29 is 17.9 Å². The van der Waals surface area contributed by atoms with Crippen molar-refractivity contribution in [2.75, 3.05) is 18.6 Å². The van der Waals surface area contributed by atoms with Crippen molar-refractivity contribution in [2.45, 2.75) is 19.1 Å². The maximum atomic E-state index is 12.8. The normalized spacial score (nSPS) is 14.0. The number of halogens is 3. The van der Waals surface area contributed by atoms with Crippen LogP contribution in [0.4, 0.5) is 18.9 Å². The van der Waals surface area contributed by atoms with Gasteiger partial charge in [-0.3, -0.25) is 0 Å². The first-order chi connectivity index (χ1) is 11.4. The third-order valence-electron chi connectivity index (χ3n) is 4.23. The van der Waals surface area contributed by atoms with Crippen LogP contribution in [0.3, 0.4) is 0 Å². The lowest BCUT2D eigenvalue weighted by Crippen LogP contribution is -2.31. The van der Waals surface area contributed by atoms with Crippen molar-refractivity contribution >= 4 is 5.69 Å². The monoisotopic (exact) mass is 332 g/mol. The molecule has 3 nitrogen and oxygen atoms in total. The Morgan fingerprint density at radius 3 is 2.67 bits per heavy atom. The SMILES string of the molecule is COc1cccc2c1CCN(c1ccc(C(F)(F)F)cc1C#N)C2. The van der Waals surface area contributed by atoms with Crippen LogP contribution in [0.5, 0.6) is 5.75 Å². The summed E-state index contributed by atoms with van der Waals surface area (Å²) in [7, 11) is 1.62. The number of hydrogen-bond acceptors (Lipinski definition) is 3. The van der Waals surface area contributed by atoms with Crippen LogP contribution in [0.2, 0.25) is 0 Å². The van der Waals surface area contributed by atoms with Gasteiger partial charge in [0.25, 0.3) is 0 Å². The Morgan fingerprint density at radius 2 is 2.00 bits per heavy atom. The minimum atomic E-state index is -4.45. The molecule has 0 atom stereocenters. The van der Waals surface area contributed by atoms with Gasteiger partial charge in [-0.25, -0.2) is 0 Å². The average molecular weight is 332 g/mol. The van der Waals surface area contributed by atoms with Crippen LogP contribution >= 0.6 is 0 Å². The van der Waals surface area contributed by atoms with Gasteiger partial charge in [0.1, 0.15) is 11.8 Å². The lowest BCUT2D eigenvalue weighted by atomic mass is 9.97. The second kappa shape index (κ2) is 6.08. The molecule has 2 aromatic rings. The zero-order valence-corrected chi connectivity index (χ0v) is 13.0. The largest absolute Gasteiger partial charge is 0.496 e. The smallest absolute Gasteiger partial charge is 0.416 e. The van der Waals surface area contributed by atoms with Crippen molar-refractivity contribution in [3.05, 3.63) is 58.7 Å². The van der Waals surface area contributed by atoms with Crippen LogP contribution < -0.4 is 9.64 Å². The molecule has 6 heteroatoms. The molecule has 2 aromatic carbocycles. The molecule has 0 spiro atoms. The number of fused-ring (bicyclic) bond motifs is 1. The molecule has 0 saturated heterocycles. The molecule has 0 saturated carbocycles. The quantitative estimate of drug-likeness (QED) is 0.829. The molecule has 24 heavy (non-hydrogen) atoms. The fraction of sp³-hybridized carbons (Fsp3) is 0.278. The van der Waals surface area contributed by atoms with Crippen molar-refractivity contribution in [1.29, 1.82) is 5.26 Å². The number of hydrogen-bond donors (Lipinski definition) is 0. The Labute approximate surface area is 137 Å². The van der Waals surface area contributed by atoms with E-state index in [0.717, 1.165) is 29.0 Å². The van der Waals surface area contributed by atoms with E-state index < -0.39 is 11.7 Å². The lowest BCUT2D eigenvalue weighted by molar-refractivity contribution is -0.137. The number of methoxy groups -OCH3 is 1. The summed E-state index contributed by atoms with van der Waals surface area (Å²) < 4.78 is 43.8. The number of rotatable bonds is 2. The molecule has 0 unspecified atom stereocenters. The Morgan fingerprint density at radius 1 is 1.21 bits per heavy atom. The third kappa shape index (κ3) is 2.90. The van der Waals surface area contributed by atoms with E-state index in [-0.39, 0.29) is 5.56 Å². The summed E-state index contributed by atoms with van der Waals surface area (Å²) in [6.07, 6.45) is -3.74. The maximum absolute atomic E-state index is 12.8. The molecule has 1 aliphatic rings. The van der Waals surface area contributed by atoms with Gasteiger partial charge in [0.2, 0.25) is 0 Å². The topological polar surface area (TPSA) is 36.3 Å². The lowest BCUT2D eigenvalue weighted by Gasteiger charge is -2.32. The summed E-state index contributed by atoms with van der Waals surface area (Å²) in [6, 6.07) is 11.0. The summed E-state index contributed by atoms with van der Waals surface area (Å²) >= 11 is 0. The molecule has 1 heterocycles. The fourth-order valence-corrected chi connectivity index (χ4v) is 3.05. The number of benzene rings is 2. The van der Waals surface area contributed by atoms with E-state index in [0.29, 0.717) is 25.2 Å². The number of nitrogens with zero attached hydrogens (tertiary/aromatic N) is 2. The van der Waals surface area contributed by atoms with Gasteiger partial charge in [0.15, 0.2) is 0 Å². The second-order valence-electron chi connectivity index (χ2n) is 5.61. The van der Waals surface area contributed by atoms with Gasteiger partial charge >= 0.3 is 6.18 Å². The highest BCUT2D eigenvalue weighted by Gasteiger charge is 2.31. The summed E-state index contributed by atoms with van der Waals surface area (Å²) in [5.74, 6) is 0.820. The highest BCUT2D eigenvalue weighted by molar-refractivity contribution is 5.62. The summed E-state index contributed by atoms with van der Waals surface area (Å²) in [5.41, 5.74) is 1.93. The Bertz CT molecular complexity index is 809. The van der Waals surface area contributed by atoms with E-state index in [1.54, 1.807) is 7.11 Å². The Hall–Kier alpha value is -2.68. The highest BCUT2D eigenvalue weighted by Crippen LogP contribution is 2.35. The van der Waals surface area contributed by atoms with E-state index in [2.05, 4.69) is 0 Å². The molecule has 3 rings (SSSR count). The molecule has 0 radical (unpaired) electrons. The molecular formula is C18H15F3N2O. The van der Waals surface area contributed by atoms with Gasteiger partial charge in [-0.1, -0.05) is 12.1 Å². The average Bonchev–Trinajstić information content (AvgIpc) is 2.59. The molecule has 0 aliphatic carbocycles. The first kappa shape index (κ1) is 16.2. The number of anilines is 1. The van der Waals surface area contributed by atoms with E-state index in [1.807, 2.05) is 29.2 Å². The third-order valence-corrected chi connectivity index (χ3v) is 4.23. The molecule has 0 N–H and O–H groups in total. The Balaban J connectivity index is 1.95. The van der Waals surface area contributed by atoms with Gasteiger partial charge in [-0.2, -0.15) is 18.4 Å². The molecule has 0 amide bonds. The van der Waals surface area contributed by atoms with Crippen LogP contribution in [-0.2, 0) is 19.1 Å². The molecular weight excluding hydrogens is 317 g/mol. The standard InChI is InChI=1S/C18H15F3N2O/c1-24-17-4-2-3-12-11-23(8-7-15(12)17)16-6-5-14(18(19,20)21)9-13(16)10-22/h2-6,9H,7-8,11H2,1H3. The van der Waals surface area contributed by atoms with Crippen LogP contribution in [0.15, 0.2) is 36.4 Å². The molecule has 1 aliphatic heterocycles. The van der Waals surface area contributed by atoms with Crippen LogP contribution in [0, 0.1) is 11.3 Å². The summed E-state index contributed by atoms with van der Waals surface area (Å²) in [4.78, 5) is 1.93. The predicted octanol–water partition coefficient (Wildman–Crippen LogP) is 4.15. The van der Waals surface area contributed by atoms with E-state index in [4.69, 9.17) is 4.74 Å². The molecule has 0 aromatic heterocycles. The van der Waals surface area contributed by atoms with Crippen molar-refractivity contribution in [3.8, 4) is 11.8 Å². The van der Waals surface area contributed by atoms with Crippen LogP contribution in [-0.4, -0.2) is 13.7 Å². The summed E-state index contributed by atoms with van der Waals surface area (Å²) in [6.45, 7) is 1.15. The molecule has 0 fully saturated rings. The zero-order valence-electron chi connectivity index (χ0n) is 13.0. The van der Waals surface area contributed by atoms with Crippen molar-refractivity contribution in [2.24, 2.45) is 0 Å². The van der Waals surface area contributed by atoms with Crippen molar-refractivity contribution in [3.63, 3.8) is 0 Å². The Kier molecular flexibility index (Phi) is 4.10. The van der Waals surface area contributed by atoms with Crippen LogP contribution in [0.1, 0.15) is 22.3 Å². The zero-order chi connectivity index (χ0) is 17.3. The number of alkyl halides is 3. The second-order valence-corrected chi connectivity index (χ2v) is 5.61. The van der Waals surface area contributed by atoms with E-state index >= 15 is 0 Å². The molecule has 124 valence electrons.